The van der Waals surface area contributed by atoms with E-state index in [9.17, 15) is 4.79 Å². The highest BCUT2D eigenvalue weighted by Crippen LogP contribution is 2.49. The summed E-state index contributed by atoms with van der Waals surface area (Å²) in [5.41, 5.74) is 0.629. The number of carbonyl (C=O) groups excluding carboxylic acids is 1. The molecule has 3 rings (SSSR count). The summed E-state index contributed by atoms with van der Waals surface area (Å²) in [6.07, 6.45) is 8.74. The first kappa shape index (κ1) is 13.1. The zero-order valence-corrected chi connectivity index (χ0v) is 12.7. The minimum absolute atomic E-state index is 0.0101. The number of hydrogen-bond donors (Lipinski definition) is 1. The van der Waals surface area contributed by atoms with Gasteiger partial charge >= 0.3 is 0 Å². The van der Waals surface area contributed by atoms with E-state index in [-0.39, 0.29) is 11.9 Å². The zero-order chi connectivity index (χ0) is 13.4. The minimum atomic E-state index is -0.0101. The summed E-state index contributed by atoms with van der Waals surface area (Å²) >= 11 is 3.35. The lowest BCUT2D eigenvalue weighted by Crippen LogP contribution is -2.40. The SMILES string of the molecule is C[C@@H](NC(=O)c1cncc(Br)c1)[C@H]1C[C@@H]2CC[C@@H]1C2. The lowest BCUT2D eigenvalue weighted by molar-refractivity contribution is 0.0915. The molecule has 0 unspecified atom stereocenters. The largest absolute Gasteiger partial charge is 0.349 e. The van der Waals surface area contributed by atoms with Gasteiger partial charge in [-0.15, -0.1) is 0 Å². The van der Waals surface area contributed by atoms with Gasteiger partial charge in [0.2, 0.25) is 0 Å². The van der Waals surface area contributed by atoms with Crippen LogP contribution in [0.5, 0.6) is 0 Å². The molecular weight excluding hydrogens is 304 g/mol. The van der Waals surface area contributed by atoms with Crippen molar-refractivity contribution in [2.75, 3.05) is 0 Å². The van der Waals surface area contributed by atoms with Crippen LogP contribution in [0, 0.1) is 17.8 Å². The molecule has 1 aromatic rings. The Labute approximate surface area is 122 Å². The Morgan fingerprint density at radius 3 is 2.89 bits per heavy atom. The second-order valence-electron chi connectivity index (χ2n) is 5.99. The fraction of sp³-hybridized carbons (Fsp3) is 0.600. The molecule has 19 heavy (non-hydrogen) atoms. The predicted octanol–water partition coefficient (Wildman–Crippen LogP) is 3.40. The molecule has 1 N–H and O–H groups in total. The van der Waals surface area contributed by atoms with Crippen LogP contribution in [-0.4, -0.2) is 16.9 Å². The molecular formula is C15H19BrN2O. The third-order valence-electron chi connectivity index (χ3n) is 4.76. The Morgan fingerprint density at radius 1 is 1.42 bits per heavy atom. The van der Waals surface area contributed by atoms with E-state index in [2.05, 4.69) is 33.2 Å². The summed E-state index contributed by atoms with van der Waals surface area (Å²) in [6, 6.07) is 2.08. The molecule has 2 saturated carbocycles. The zero-order valence-electron chi connectivity index (χ0n) is 11.1. The van der Waals surface area contributed by atoms with Gasteiger partial charge in [0, 0.05) is 22.9 Å². The first-order valence-electron chi connectivity index (χ1n) is 7.05. The van der Waals surface area contributed by atoms with E-state index in [1.54, 1.807) is 12.4 Å². The Bertz CT molecular complexity index is 491. The van der Waals surface area contributed by atoms with Crippen LogP contribution in [0.25, 0.3) is 0 Å². The number of carbonyl (C=O) groups is 1. The van der Waals surface area contributed by atoms with Gasteiger partial charge in [0.1, 0.15) is 0 Å². The molecule has 4 heteroatoms. The van der Waals surface area contributed by atoms with E-state index in [0.717, 1.165) is 16.3 Å². The van der Waals surface area contributed by atoms with E-state index in [4.69, 9.17) is 0 Å². The third-order valence-corrected chi connectivity index (χ3v) is 5.19. The Morgan fingerprint density at radius 2 is 2.26 bits per heavy atom. The lowest BCUT2D eigenvalue weighted by Gasteiger charge is -2.28. The molecule has 0 aliphatic heterocycles. The van der Waals surface area contributed by atoms with Crippen LogP contribution in [0.15, 0.2) is 22.9 Å². The van der Waals surface area contributed by atoms with Gasteiger partial charge in [-0.3, -0.25) is 9.78 Å². The van der Waals surface area contributed by atoms with Crippen LogP contribution in [0.1, 0.15) is 43.0 Å². The van der Waals surface area contributed by atoms with Crippen LogP contribution in [0.2, 0.25) is 0 Å². The van der Waals surface area contributed by atoms with Crippen LogP contribution in [0.4, 0.5) is 0 Å². The number of hydrogen-bond acceptors (Lipinski definition) is 2. The molecule has 3 nitrogen and oxygen atoms in total. The van der Waals surface area contributed by atoms with E-state index in [1.807, 2.05) is 6.07 Å². The van der Waals surface area contributed by atoms with Crippen molar-refractivity contribution in [1.82, 2.24) is 10.3 Å². The summed E-state index contributed by atoms with van der Waals surface area (Å²) in [5, 5.41) is 3.15. The second-order valence-corrected chi connectivity index (χ2v) is 6.91. The molecule has 102 valence electrons. The molecule has 1 heterocycles. The van der Waals surface area contributed by atoms with Crippen molar-refractivity contribution in [3.8, 4) is 0 Å². The number of aromatic nitrogens is 1. The maximum Gasteiger partial charge on any atom is 0.253 e. The van der Waals surface area contributed by atoms with E-state index in [0.29, 0.717) is 11.5 Å². The maximum atomic E-state index is 12.2. The summed E-state index contributed by atoms with van der Waals surface area (Å²) in [7, 11) is 0. The van der Waals surface area contributed by atoms with Crippen LogP contribution >= 0.6 is 15.9 Å². The maximum absolute atomic E-state index is 12.2. The predicted molar refractivity (Wildman–Crippen MR) is 77.8 cm³/mol. The number of halogens is 1. The first-order valence-corrected chi connectivity index (χ1v) is 7.84. The normalized spacial score (nSPS) is 30.3. The summed E-state index contributed by atoms with van der Waals surface area (Å²) < 4.78 is 0.840. The van der Waals surface area contributed by atoms with Crippen molar-refractivity contribution in [3.63, 3.8) is 0 Å². The van der Waals surface area contributed by atoms with Gasteiger partial charge in [0.15, 0.2) is 0 Å². The molecule has 1 amide bonds. The number of nitrogens with zero attached hydrogens (tertiary/aromatic N) is 1. The molecule has 0 aromatic carbocycles. The molecule has 4 atom stereocenters. The minimum Gasteiger partial charge on any atom is -0.349 e. The average Bonchev–Trinajstić information content (AvgIpc) is 3.00. The van der Waals surface area contributed by atoms with Gasteiger partial charge in [-0.05, 0) is 65.9 Å². The highest BCUT2D eigenvalue weighted by molar-refractivity contribution is 9.10. The standard InChI is InChI=1S/C15H19BrN2O/c1-9(14-5-10-2-3-11(14)4-10)18-15(19)12-6-13(16)8-17-7-12/h6-11,14H,2-5H2,1H3,(H,18,19)/t9-,10-,11-,14-/m1/s1. The lowest BCUT2D eigenvalue weighted by atomic mass is 9.84. The molecule has 2 bridgehead atoms. The van der Waals surface area contributed by atoms with Crippen molar-refractivity contribution in [3.05, 3.63) is 28.5 Å². The molecule has 2 fully saturated rings. The van der Waals surface area contributed by atoms with Crippen molar-refractivity contribution in [2.45, 2.75) is 38.6 Å². The second kappa shape index (κ2) is 5.23. The van der Waals surface area contributed by atoms with Crippen molar-refractivity contribution in [1.29, 1.82) is 0 Å². The van der Waals surface area contributed by atoms with Gasteiger partial charge in [0.25, 0.3) is 5.91 Å². The molecule has 2 aliphatic rings. The molecule has 0 spiro atoms. The average molecular weight is 323 g/mol. The summed E-state index contributed by atoms with van der Waals surface area (Å²) in [5.74, 6) is 2.41. The van der Waals surface area contributed by atoms with Gasteiger partial charge in [-0.2, -0.15) is 0 Å². The number of nitrogens with one attached hydrogen (secondary N) is 1. The van der Waals surface area contributed by atoms with Crippen LogP contribution in [0.3, 0.4) is 0 Å². The van der Waals surface area contributed by atoms with E-state index < -0.39 is 0 Å². The monoisotopic (exact) mass is 322 g/mol. The molecule has 2 aliphatic carbocycles. The van der Waals surface area contributed by atoms with Gasteiger partial charge in [0.05, 0.1) is 5.56 Å². The van der Waals surface area contributed by atoms with Crippen LogP contribution in [-0.2, 0) is 0 Å². The fourth-order valence-electron chi connectivity index (χ4n) is 3.84. The van der Waals surface area contributed by atoms with Crippen molar-refractivity contribution in [2.24, 2.45) is 17.8 Å². The molecule has 0 radical (unpaired) electrons. The quantitative estimate of drug-likeness (QED) is 0.926. The first-order chi connectivity index (χ1) is 9.13. The Kier molecular flexibility index (Phi) is 3.61. The molecule has 0 saturated heterocycles. The number of pyridine rings is 1. The van der Waals surface area contributed by atoms with Crippen molar-refractivity contribution < 1.29 is 4.79 Å². The number of rotatable bonds is 3. The Hall–Kier alpha value is -0.900. The fourth-order valence-corrected chi connectivity index (χ4v) is 4.20. The van der Waals surface area contributed by atoms with Gasteiger partial charge in [-0.25, -0.2) is 0 Å². The van der Waals surface area contributed by atoms with E-state index >= 15 is 0 Å². The van der Waals surface area contributed by atoms with E-state index in [1.165, 1.54) is 25.7 Å². The van der Waals surface area contributed by atoms with Crippen LogP contribution < -0.4 is 5.32 Å². The topological polar surface area (TPSA) is 42.0 Å². The highest BCUT2D eigenvalue weighted by atomic mass is 79.9. The summed E-state index contributed by atoms with van der Waals surface area (Å²) in [6.45, 7) is 2.15. The number of fused-ring (bicyclic) bond motifs is 2. The van der Waals surface area contributed by atoms with Gasteiger partial charge in [-0.1, -0.05) is 6.42 Å². The Balaban J connectivity index is 1.63. The number of amides is 1. The van der Waals surface area contributed by atoms with Crippen molar-refractivity contribution >= 4 is 21.8 Å². The molecule has 1 aromatic heterocycles. The summed E-state index contributed by atoms with van der Waals surface area (Å²) in [4.78, 5) is 16.2. The smallest absolute Gasteiger partial charge is 0.253 e. The van der Waals surface area contributed by atoms with Gasteiger partial charge < -0.3 is 5.32 Å². The third kappa shape index (κ3) is 2.69. The highest BCUT2D eigenvalue weighted by Gasteiger charge is 2.42.